The van der Waals surface area contributed by atoms with Crippen molar-refractivity contribution in [2.24, 2.45) is 0 Å². The summed E-state index contributed by atoms with van der Waals surface area (Å²) in [6, 6.07) is 1.20. The second-order valence-electron chi connectivity index (χ2n) is 3.14. The highest BCUT2D eigenvalue weighted by atomic mass is 79.9. The fraction of sp³-hybridized carbons (Fsp3) is 0. The van der Waals surface area contributed by atoms with Gasteiger partial charge in [0.15, 0.2) is 17.3 Å². The molecule has 0 radical (unpaired) electrons. The topological polar surface area (TPSA) is 94.0 Å². The van der Waals surface area contributed by atoms with Gasteiger partial charge in [-0.2, -0.15) is 5.10 Å². The van der Waals surface area contributed by atoms with E-state index in [1.807, 2.05) is 0 Å². The molecule has 0 atom stereocenters. The zero-order valence-corrected chi connectivity index (χ0v) is 9.85. The first-order chi connectivity index (χ1) is 7.99. The number of carbonyl (C=O) groups is 1. The summed E-state index contributed by atoms with van der Waals surface area (Å²) in [6.45, 7) is 0. The van der Waals surface area contributed by atoms with Gasteiger partial charge in [-0.3, -0.25) is 0 Å². The second kappa shape index (κ2) is 4.13. The maximum Gasteiger partial charge on any atom is 0.358 e. The molecular formula is C9H6BrFN4O2. The van der Waals surface area contributed by atoms with Crippen LogP contribution >= 0.6 is 15.9 Å². The Balaban J connectivity index is 2.53. The van der Waals surface area contributed by atoms with E-state index in [1.165, 1.54) is 18.5 Å². The fourth-order valence-electron chi connectivity index (χ4n) is 1.24. The molecule has 0 spiro atoms. The highest BCUT2D eigenvalue weighted by molar-refractivity contribution is 9.10. The number of aromatic nitrogens is 3. The molecule has 88 valence electrons. The molecule has 0 aliphatic rings. The molecule has 0 unspecified atom stereocenters. The van der Waals surface area contributed by atoms with Gasteiger partial charge in [0, 0.05) is 10.7 Å². The van der Waals surface area contributed by atoms with E-state index < -0.39 is 11.8 Å². The third-order valence-electron chi connectivity index (χ3n) is 1.95. The second-order valence-corrected chi connectivity index (χ2v) is 4.06. The minimum Gasteiger partial charge on any atom is -0.476 e. The monoisotopic (exact) mass is 300 g/mol. The lowest BCUT2D eigenvalue weighted by Gasteiger charge is -2.01. The Morgan fingerprint density at radius 1 is 1.59 bits per heavy atom. The van der Waals surface area contributed by atoms with Gasteiger partial charge in [0.25, 0.3) is 0 Å². The summed E-state index contributed by atoms with van der Waals surface area (Å²) in [7, 11) is 0. The number of hydrogen-bond acceptors (Lipinski definition) is 4. The zero-order chi connectivity index (χ0) is 12.6. The highest BCUT2D eigenvalue weighted by Gasteiger charge is 2.16. The Morgan fingerprint density at radius 3 is 2.82 bits per heavy atom. The molecule has 2 heterocycles. The molecule has 0 bridgehead atoms. The van der Waals surface area contributed by atoms with E-state index in [0.29, 0.717) is 4.47 Å². The number of nitrogens with two attached hydrogens (primary N) is 1. The molecule has 2 aromatic rings. The summed E-state index contributed by atoms with van der Waals surface area (Å²) in [6.07, 6.45) is 2.57. The van der Waals surface area contributed by atoms with Gasteiger partial charge in [-0.15, -0.1) is 0 Å². The Labute approximate surface area is 103 Å². The molecule has 0 aliphatic heterocycles. The van der Waals surface area contributed by atoms with E-state index in [0.717, 1.165) is 4.68 Å². The first-order valence-electron chi connectivity index (χ1n) is 4.39. The molecule has 0 saturated carbocycles. The third-order valence-corrected chi connectivity index (χ3v) is 2.38. The maximum absolute atomic E-state index is 13.5. The Morgan fingerprint density at radius 2 is 2.29 bits per heavy atom. The smallest absolute Gasteiger partial charge is 0.358 e. The molecule has 17 heavy (non-hydrogen) atoms. The normalized spacial score (nSPS) is 10.5. The van der Waals surface area contributed by atoms with Crippen LogP contribution < -0.4 is 5.73 Å². The number of rotatable bonds is 2. The number of aromatic carboxylic acids is 1. The van der Waals surface area contributed by atoms with Crippen molar-refractivity contribution < 1.29 is 14.3 Å². The summed E-state index contributed by atoms with van der Waals surface area (Å²) < 4.78 is 15.0. The standard InChI is InChI=1S/C9H6BrFN4O2/c10-4-1-5(11)8(13-2-4)15-3-6(12)7(14-15)9(16)17/h1-3H,12H2,(H,16,17). The SMILES string of the molecule is Nc1cn(-c2ncc(Br)cc2F)nc1C(=O)O. The summed E-state index contributed by atoms with van der Waals surface area (Å²) in [5.74, 6) is -2.04. The molecule has 6 nitrogen and oxygen atoms in total. The molecular weight excluding hydrogens is 295 g/mol. The number of carboxylic acids is 1. The Hall–Kier alpha value is -1.96. The van der Waals surface area contributed by atoms with Gasteiger partial charge in [0.2, 0.25) is 0 Å². The lowest BCUT2D eigenvalue weighted by molar-refractivity contribution is 0.0691. The largest absolute Gasteiger partial charge is 0.476 e. The van der Waals surface area contributed by atoms with Crippen LogP contribution in [0.3, 0.4) is 0 Å². The van der Waals surface area contributed by atoms with Crippen molar-refractivity contribution in [3.05, 3.63) is 34.4 Å². The van der Waals surface area contributed by atoms with Crippen molar-refractivity contribution in [3.63, 3.8) is 0 Å². The van der Waals surface area contributed by atoms with Crippen molar-refractivity contribution in [3.8, 4) is 5.82 Å². The summed E-state index contributed by atoms with van der Waals surface area (Å²) >= 11 is 3.06. The van der Waals surface area contributed by atoms with Crippen LogP contribution in [0.15, 0.2) is 22.9 Å². The summed E-state index contributed by atoms with van der Waals surface area (Å²) in [5.41, 5.74) is 5.04. The van der Waals surface area contributed by atoms with Crippen molar-refractivity contribution in [1.29, 1.82) is 0 Å². The minimum atomic E-state index is -1.28. The van der Waals surface area contributed by atoms with E-state index >= 15 is 0 Å². The molecule has 0 saturated heterocycles. The minimum absolute atomic E-state index is 0.0541. The van der Waals surface area contributed by atoms with Gasteiger partial charge in [-0.1, -0.05) is 0 Å². The molecule has 0 amide bonds. The number of nitrogen functional groups attached to an aromatic ring is 1. The predicted octanol–water partition coefficient (Wildman–Crippen LogP) is 1.45. The van der Waals surface area contributed by atoms with Gasteiger partial charge < -0.3 is 10.8 Å². The van der Waals surface area contributed by atoms with Crippen LogP contribution in [0.2, 0.25) is 0 Å². The Kier molecular flexibility index (Phi) is 2.80. The van der Waals surface area contributed by atoms with E-state index in [-0.39, 0.29) is 17.2 Å². The average molecular weight is 301 g/mol. The van der Waals surface area contributed by atoms with Gasteiger partial charge in [-0.25, -0.2) is 18.9 Å². The molecule has 8 heteroatoms. The van der Waals surface area contributed by atoms with Crippen LogP contribution in [0.25, 0.3) is 5.82 Å². The van der Waals surface area contributed by atoms with Gasteiger partial charge in [-0.05, 0) is 22.0 Å². The van der Waals surface area contributed by atoms with Crippen LogP contribution in [0.5, 0.6) is 0 Å². The van der Waals surface area contributed by atoms with Crippen LogP contribution in [0.1, 0.15) is 10.5 Å². The van der Waals surface area contributed by atoms with Gasteiger partial charge in [0.1, 0.15) is 0 Å². The summed E-state index contributed by atoms with van der Waals surface area (Å²) in [4.78, 5) is 14.5. The van der Waals surface area contributed by atoms with E-state index in [1.54, 1.807) is 0 Å². The van der Waals surface area contributed by atoms with Crippen LogP contribution in [0.4, 0.5) is 10.1 Å². The van der Waals surface area contributed by atoms with Crippen LogP contribution in [-0.4, -0.2) is 25.8 Å². The molecule has 2 rings (SSSR count). The van der Waals surface area contributed by atoms with E-state index in [9.17, 15) is 9.18 Å². The average Bonchev–Trinajstić information content (AvgIpc) is 2.60. The number of halogens is 2. The highest BCUT2D eigenvalue weighted by Crippen LogP contribution is 2.18. The van der Waals surface area contributed by atoms with Crippen molar-refractivity contribution in [2.45, 2.75) is 0 Å². The van der Waals surface area contributed by atoms with Crippen LogP contribution in [0, 0.1) is 5.82 Å². The molecule has 3 N–H and O–H groups in total. The molecule has 0 fully saturated rings. The van der Waals surface area contributed by atoms with Gasteiger partial charge >= 0.3 is 5.97 Å². The molecule has 2 aromatic heterocycles. The quantitative estimate of drug-likeness (QED) is 0.875. The number of pyridine rings is 1. The van der Waals surface area contributed by atoms with E-state index in [4.69, 9.17) is 10.8 Å². The molecule has 0 aromatic carbocycles. The number of hydrogen-bond donors (Lipinski definition) is 2. The van der Waals surface area contributed by atoms with Crippen LogP contribution in [-0.2, 0) is 0 Å². The van der Waals surface area contributed by atoms with Crippen molar-refractivity contribution in [1.82, 2.24) is 14.8 Å². The maximum atomic E-state index is 13.5. The fourth-order valence-corrected chi connectivity index (χ4v) is 1.54. The number of nitrogens with zero attached hydrogens (tertiary/aromatic N) is 3. The number of carboxylic acid groups (broad SMARTS) is 1. The lowest BCUT2D eigenvalue weighted by atomic mass is 10.4. The van der Waals surface area contributed by atoms with E-state index in [2.05, 4.69) is 26.0 Å². The third kappa shape index (κ3) is 2.11. The van der Waals surface area contributed by atoms with Crippen molar-refractivity contribution in [2.75, 3.05) is 5.73 Å². The predicted molar refractivity (Wildman–Crippen MR) is 60.4 cm³/mol. The molecule has 0 aliphatic carbocycles. The first kappa shape index (κ1) is 11.5. The number of anilines is 1. The van der Waals surface area contributed by atoms with Gasteiger partial charge in [0.05, 0.1) is 11.9 Å². The van der Waals surface area contributed by atoms with Crippen molar-refractivity contribution >= 4 is 27.6 Å². The zero-order valence-electron chi connectivity index (χ0n) is 8.26. The lowest BCUT2D eigenvalue weighted by Crippen LogP contribution is -2.05. The first-order valence-corrected chi connectivity index (χ1v) is 5.18. The Bertz CT molecular complexity index is 599. The summed E-state index contributed by atoms with van der Waals surface area (Å²) in [5, 5.41) is 12.4.